The lowest BCUT2D eigenvalue weighted by atomic mass is 10.0. The molecular weight excluding hydrogens is 960 g/mol. The van der Waals surface area contributed by atoms with Gasteiger partial charge in [-0.2, -0.15) is 0 Å². The summed E-state index contributed by atoms with van der Waals surface area (Å²) in [5.74, 6) is -0.166. The van der Waals surface area contributed by atoms with Gasteiger partial charge in [0.15, 0.2) is 0 Å². The number of carbonyl (C=O) groups excluding carboxylic acids is 1. The third-order valence-electron chi connectivity index (χ3n) is 14.8. The number of rotatable bonds is 60. The number of amides is 1. The number of phosphoric acid groups is 1. The molecule has 9 heteroatoms. The molecule has 0 aromatic carbocycles. The van der Waals surface area contributed by atoms with Crippen LogP contribution in [-0.2, 0) is 18.4 Å². The number of hydrogen-bond acceptors (Lipinski definition) is 6. The Balaban J connectivity index is 4.10. The van der Waals surface area contributed by atoms with E-state index in [2.05, 4.69) is 79.9 Å². The van der Waals surface area contributed by atoms with Crippen molar-refractivity contribution in [2.45, 2.75) is 321 Å². The predicted octanol–water partition coefficient (Wildman–Crippen LogP) is 19.8. The Kier molecular flexibility index (Phi) is 56.5. The van der Waals surface area contributed by atoms with Gasteiger partial charge in [0.1, 0.15) is 13.2 Å². The SMILES string of the molecule is CC/C=C\C/C=C\C/C=C\C/C=C\C/C=C\CCCCCCCCCCCCCC(=O)NC(COP(=O)([O-])OCC[N+](C)(C)C)C(O)CCCCCCCCCCCCCCCCCCCCCCCCCCCCC. The molecule has 2 N–H and O–H groups in total. The minimum Gasteiger partial charge on any atom is -0.756 e. The Bertz CT molecular complexity index is 1420. The molecule has 0 radical (unpaired) electrons. The quantitative estimate of drug-likeness (QED) is 0.0272. The largest absolute Gasteiger partial charge is 0.756 e. The van der Waals surface area contributed by atoms with Gasteiger partial charge in [0, 0.05) is 6.42 Å². The third-order valence-corrected chi connectivity index (χ3v) is 15.7. The van der Waals surface area contributed by atoms with Crippen LogP contribution < -0.4 is 10.2 Å². The molecule has 0 heterocycles. The van der Waals surface area contributed by atoms with Crippen molar-refractivity contribution in [3.8, 4) is 0 Å². The molecule has 0 spiro atoms. The Morgan fingerprint density at radius 2 is 0.803 bits per heavy atom. The number of nitrogens with zero attached hydrogens (tertiary/aromatic N) is 1. The molecule has 0 saturated heterocycles. The number of aliphatic hydroxyl groups is 1. The van der Waals surface area contributed by atoms with Gasteiger partial charge in [0.25, 0.3) is 7.82 Å². The number of likely N-dealkylation sites (N-methyl/N-ethyl adjacent to an activating group) is 1. The summed E-state index contributed by atoms with van der Waals surface area (Å²) >= 11 is 0. The molecule has 0 aliphatic heterocycles. The van der Waals surface area contributed by atoms with E-state index in [-0.39, 0.29) is 19.1 Å². The summed E-state index contributed by atoms with van der Waals surface area (Å²) in [6.07, 6.45) is 78.4. The number of unbranched alkanes of at least 4 members (excludes halogenated alkanes) is 37. The highest BCUT2D eigenvalue weighted by Crippen LogP contribution is 2.38. The average Bonchev–Trinajstić information content (AvgIpc) is 3.38. The van der Waals surface area contributed by atoms with Crippen LogP contribution in [0.15, 0.2) is 60.8 Å². The molecule has 0 fully saturated rings. The van der Waals surface area contributed by atoms with Gasteiger partial charge in [0.05, 0.1) is 39.9 Å². The van der Waals surface area contributed by atoms with E-state index in [4.69, 9.17) is 9.05 Å². The monoisotopic (exact) mass is 1090 g/mol. The number of hydrogen-bond donors (Lipinski definition) is 2. The first kappa shape index (κ1) is 74.2. The second-order valence-corrected chi connectivity index (χ2v) is 24.9. The lowest BCUT2D eigenvalue weighted by Gasteiger charge is -2.30. The Hall–Kier alpha value is -1.80. The molecule has 0 rings (SSSR count). The minimum absolute atomic E-state index is 0.0104. The van der Waals surface area contributed by atoms with Crippen molar-refractivity contribution in [1.82, 2.24) is 5.32 Å². The summed E-state index contributed by atoms with van der Waals surface area (Å²) in [6, 6.07) is -0.807. The van der Waals surface area contributed by atoms with Crippen molar-refractivity contribution >= 4 is 13.7 Å². The number of carbonyl (C=O) groups is 1. The summed E-state index contributed by atoms with van der Waals surface area (Å²) < 4.78 is 23.5. The molecule has 0 aromatic heterocycles. The van der Waals surface area contributed by atoms with Crippen molar-refractivity contribution in [2.24, 2.45) is 0 Å². The fourth-order valence-corrected chi connectivity index (χ4v) is 10.4. The van der Waals surface area contributed by atoms with E-state index < -0.39 is 20.0 Å². The smallest absolute Gasteiger partial charge is 0.268 e. The zero-order chi connectivity index (χ0) is 55.6. The summed E-state index contributed by atoms with van der Waals surface area (Å²) in [7, 11) is 1.31. The van der Waals surface area contributed by atoms with E-state index in [1.54, 1.807) is 0 Å². The van der Waals surface area contributed by atoms with Gasteiger partial charge in [-0.1, -0.05) is 306 Å². The van der Waals surface area contributed by atoms with Crippen LogP contribution in [-0.4, -0.2) is 68.5 Å². The average molecular weight is 1090 g/mol. The highest BCUT2D eigenvalue weighted by atomic mass is 31.2. The maximum atomic E-state index is 13.0. The van der Waals surface area contributed by atoms with Crippen LogP contribution >= 0.6 is 7.82 Å². The molecule has 446 valence electrons. The summed E-state index contributed by atoms with van der Waals surface area (Å²) in [6.45, 7) is 4.64. The van der Waals surface area contributed by atoms with E-state index in [0.717, 1.165) is 70.6 Å². The van der Waals surface area contributed by atoms with Crippen molar-refractivity contribution in [3.05, 3.63) is 60.8 Å². The van der Waals surface area contributed by atoms with E-state index in [1.165, 1.54) is 212 Å². The predicted molar refractivity (Wildman–Crippen MR) is 330 cm³/mol. The van der Waals surface area contributed by atoms with Gasteiger partial charge in [-0.05, 0) is 57.8 Å². The summed E-state index contributed by atoms with van der Waals surface area (Å²) in [5, 5.41) is 14.1. The van der Waals surface area contributed by atoms with Crippen LogP contribution in [0.4, 0.5) is 0 Å². The minimum atomic E-state index is -4.58. The molecule has 3 atom stereocenters. The van der Waals surface area contributed by atoms with Gasteiger partial charge in [0.2, 0.25) is 5.91 Å². The van der Waals surface area contributed by atoms with Crippen LogP contribution in [0.1, 0.15) is 309 Å². The van der Waals surface area contributed by atoms with Crippen molar-refractivity contribution < 1.29 is 32.9 Å². The number of phosphoric ester groups is 1. The van der Waals surface area contributed by atoms with Crippen LogP contribution in [0.25, 0.3) is 0 Å². The molecule has 3 unspecified atom stereocenters. The Morgan fingerprint density at radius 1 is 0.474 bits per heavy atom. The van der Waals surface area contributed by atoms with Crippen molar-refractivity contribution in [1.29, 1.82) is 0 Å². The lowest BCUT2D eigenvalue weighted by molar-refractivity contribution is -0.870. The van der Waals surface area contributed by atoms with Crippen LogP contribution in [0.2, 0.25) is 0 Å². The molecule has 8 nitrogen and oxygen atoms in total. The lowest BCUT2D eigenvalue weighted by Crippen LogP contribution is -2.46. The topological polar surface area (TPSA) is 108 Å². The first-order valence-corrected chi connectivity index (χ1v) is 34.1. The number of aliphatic hydroxyl groups excluding tert-OH is 1. The number of allylic oxidation sites excluding steroid dienone is 10. The second-order valence-electron chi connectivity index (χ2n) is 23.4. The molecule has 76 heavy (non-hydrogen) atoms. The standard InChI is InChI=1S/C67H127N2O6P/c1-6-8-10-12-14-16-18-20-22-24-26-28-30-32-34-36-38-40-42-44-46-48-50-52-54-56-58-60-66(70)65(64-75-76(72,73)74-63-62-69(3,4)5)68-67(71)61-59-57-55-53-51-49-47-45-43-41-39-37-35-33-31-29-27-25-23-21-19-17-15-13-11-9-7-2/h9,11,15,17,21,23,27,29,33,35,65-66,70H,6-8,10,12-14,16,18-20,22,24-26,28,30-32,34,36-64H2,1-5H3,(H-,68,71,72,73)/b11-9-,17-15-,23-21-,29-27-,35-33-. The highest BCUT2D eigenvalue weighted by Gasteiger charge is 2.24. The van der Waals surface area contributed by atoms with E-state index in [1.807, 2.05) is 21.1 Å². The molecule has 0 aromatic rings. The summed E-state index contributed by atoms with van der Waals surface area (Å²) in [5.41, 5.74) is 0. The summed E-state index contributed by atoms with van der Waals surface area (Å²) in [4.78, 5) is 25.6. The molecule has 1 amide bonds. The second kappa shape index (κ2) is 57.9. The van der Waals surface area contributed by atoms with Gasteiger partial charge in [-0.3, -0.25) is 9.36 Å². The fourth-order valence-electron chi connectivity index (χ4n) is 9.72. The normalized spacial score (nSPS) is 14.1. The molecular formula is C67H127N2O6P. The van der Waals surface area contributed by atoms with Crippen molar-refractivity contribution in [2.75, 3.05) is 40.9 Å². The highest BCUT2D eigenvalue weighted by molar-refractivity contribution is 7.45. The zero-order valence-electron chi connectivity index (χ0n) is 51.0. The van der Waals surface area contributed by atoms with Gasteiger partial charge in [-0.25, -0.2) is 0 Å². The van der Waals surface area contributed by atoms with Crippen molar-refractivity contribution in [3.63, 3.8) is 0 Å². The van der Waals surface area contributed by atoms with Gasteiger partial charge < -0.3 is 28.8 Å². The Morgan fingerprint density at radius 3 is 1.17 bits per heavy atom. The first-order chi connectivity index (χ1) is 37.0. The molecule has 0 aliphatic rings. The molecule has 0 aliphatic carbocycles. The van der Waals surface area contributed by atoms with Crippen LogP contribution in [0, 0.1) is 0 Å². The maximum Gasteiger partial charge on any atom is 0.268 e. The van der Waals surface area contributed by atoms with Gasteiger partial charge in [-0.15, -0.1) is 0 Å². The molecule has 0 bridgehead atoms. The zero-order valence-corrected chi connectivity index (χ0v) is 51.9. The van der Waals surface area contributed by atoms with E-state index in [0.29, 0.717) is 23.9 Å². The molecule has 0 saturated carbocycles. The first-order valence-electron chi connectivity index (χ1n) is 32.6. The van der Waals surface area contributed by atoms with Crippen LogP contribution in [0.5, 0.6) is 0 Å². The number of quaternary nitrogens is 1. The number of nitrogens with one attached hydrogen (secondary N) is 1. The van der Waals surface area contributed by atoms with E-state index in [9.17, 15) is 19.4 Å². The third kappa shape index (κ3) is 59.9. The van der Waals surface area contributed by atoms with E-state index >= 15 is 0 Å². The maximum absolute atomic E-state index is 13.0. The Labute approximate surface area is 472 Å². The van der Waals surface area contributed by atoms with Crippen LogP contribution in [0.3, 0.4) is 0 Å². The van der Waals surface area contributed by atoms with Gasteiger partial charge >= 0.3 is 0 Å². The fraction of sp³-hybridized carbons (Fsp3) is 0.836.